The maximum Gasteiger partial charge on any atom is 0.261 e. The van der Waals surface area contributed by atoms with Crippen LogP contribution in [0.25, 0.3) is 22.0 Å². The first kappa shape index (κ1) is 18.2. The Bertz CT molecular complexity index is 1300. The van der Waals surface area contributed by atoms with Crippen LogP contribution in [0.2, 0.25) is 0 Å². The molecule has 0 aliphatic rings. The number of nitriles is 1. The molecule has 29 heavy (non-hydrogen) atoms. The quantitative estimate of drug-likeness (QED) is 0.547. The number of carbonyl (C=O) groups excluding carboxylic acids is 1. The van der Waals surface area contributed by atoms with Gasteiger partial charge in [0.05, 0.1) is 12.5 Å². The number of para-hydroxylation sites is 2. The summed E-state index contributed by atoms with van der Waals surface area (Å²) in [5, 5.41) is 12.2. The lowest BCUT2D eigenvalue weighted by atomic mass is 10.0. The molecule has 0 radical (unpaired) electrons. The van der Waals surface area contributed by atoms with Crippen LogP contribution in [-0.4, -0.2) is 10.9 Å². The molecule has 4 rings (SSSR count). The second-order valence-electron chi connectivity index (χ2n) is 6.61. The van der Waals surface area contributed by atoms with Gasteiger partial charge in [0.25, 0.3) is 5.91 Å². The number of nitrogens with zero attached hydrogens (tertiary/aromatic N) is 1. The summed E-state index contributed by atoms with van der Waals surface area (Å²) >= 11 is 0. The maximum absolute atomic E-state index is 12.8. The minimum Gasteiger partial charge on any atom is -0.360 e. The topological polar surface area (TPSA) is 85.8 Å². The van der Waals surface area contributed by atoms with Crippen LogP contribution < -0.4 is 10.7 Å². The van der Waals surface area contributed by atoms with E-state index in [1.165, 1.54) is 6.20 Å². The van der Waals surface area contributed by atoms with Crippen molar-refractivity contribution in [3.63, 3.8) is 0 Å². The Morgan fingerprint density at radius 1 is 0.966 bits per heavy atom. The van der Waals surface area contributed by atoms with E-state index < -0.39 is 5.91 Å². The summed E-state index contributed by atoms with van der Waals surface area (Å²) in [6.07, 6.45) is 1.79. The van der Waals surface area contributed by atoms with Gasteiger partial charge in [-0.3, -0.25) is 9.59 Å². The minimum atomic E-state index is -0.467. The Labute approximate surface area is 167 Å². The van der Waals surface area contributed by atoms with Crippen LogP contribution >= 0.6 is 0 Å². The molecule has 0 saturated heterocycles. The highest BCUT2D eigenvalue weighted by molar-refractivity contribution is 6.07. The molecule has 1 aromatic heterocycles. The lowest BCUT2D eigenvalue weighted by Gasteiger charge is -2.12. The van der Waals surface area contributed by atoms with Crippen molar-refractivity contribution in [3.05, 3.63) is 100 Å². The van der Waals surface area contributed by atoms with Crippen LogP contribution in [0.4, 0.5) is 5.69 Å². The molecule has 0 unspecified atom stereocenters. The smallest absolute Gasteiger partial charge is 0.261 e. The van der Waals surface area contributed by atoms with Gasteiger partial charge in [-0.15, -0.1) is 0 Å². The average molecular weight is 379 g/mol. The molecule has 5 nitrogen and oxygen atoms in total. The monoisotopic (exact) mass is 379 g/mol. The van der Waals surface area contributed by atoms with Gasteiger partial charge in [0, 0.05) is 28.4 Å². The van der Waals surface area contributed by atoms with E-state index in [0.29, 0.717) is 23.0 Å². The number of hydrogen-bond acceptors (Lipinski definition) is 3. The number of fused-ring (bicyclic) bond motifs is 1. The molecular weight excluding hydrogens is 362 g/mol. The fraction of sp³-hybridized carbons (Fsp3) is 0.0417. The summed E-state index contributed by atoms with van der Waals surface area (Å²) in [6, 6.07) is 24.3. The van der Waals surface area contributed by atoms with Crippen molar-refractivity contribution in [1.82, 2.24) is 4.98 Å². The van der Waals surface area contributed by atoms with Crippen LogP contribution in [0.5, 0.6) is 0 Å². The molecule has 2 N–H and O–H groups in total. The van der Waals surface area contributed by atoms with Crippen molar-refractivity contribution in [2.75, 3.05) is 5.32 Å². The van der Waals surface area contributed by atoms with E-state index in [1.807, 2.05) is 48.5 Å². The van der Waals surface area contributed by atoms with Gasteiger partial charge >= 0.3 is 0 Å². The van der Waals surface area contributed by atoms with E-state index in [9.17, 15) is 9.59 Å². The fourth-order valence-electron chi connectivity index (χ4n) is 3.26. The number of aromatic nitrogens is 1. The minimum absolute atomic E-state index is 0.0582. The zero-order chi connectivity index (χ0) is 20.2. The number of rotatable bonds is 4. The molecule has 0 atom stereocenters. The number of nitrogens with one attached hydrogen (secondary N) is 2. The van der Waals surface area contributed by atoms with Crippen molar-refractivity contribution in [1.29, 1.82) is 5.26 Å². The first-order chi connectivity index (χ1) is 14.2. The molecule has 0 saturated carbocycles. The van der Waals surface area contributed by atoms with Gasteiger partial charge in [0.1, 0.15) is 5.56 Å². The normalized spacial score (nSPS) is 10.4. The number of amides is 1. The summed E-state index contributed by atoms with van der Waals surface area (Å²) in [5.41, 5.74) is 3.72. The molecule has 140 valence electrons. The molecule has 0 aliphatic carbocycles. The van der Waals surface area contributed by atoms with Crippen molar-refractivity contribution in [3.8, 4) is 17.2 Å². The van der Waals surface area contributed by atoms with Crippen molar-refractivity contribution in [2.45, 2.75) is 6.42 Å². The molecule has 5 heteroatoms. The molecule has 4 aromatic rings. The molecule has 0 fully saturated rings. The molecule has 1 amide bonds. The number of hydrogen-bond donors (Lipinski definition) is 2. The van der Waals surface area contributed by atoms with Gasteiger partial charge in [-0.2, -0.15) is 5.26 Å². The zero-order valence-electron chi connectivity index (χ0n) is 15.5. The number of anilines is 1. The predicted molar refractivity (Wildman–Crippen MR) is 114 cm³/mol. The third-order valence-corrected chi connectivity index (χ3v) is 4.76. The highest BCUT2D eigenvalue weighted by Crippen LogP contribution is 2.28. The van der Waals surface area contributed by atoms with Crippen molar-refractivity contribution < 1.29 is 4.79 Å². The lowest BCUT2D eigenvalue weighted by Crippen LogP contribution is -2.22. The summed E-state index contributed by atoms with van der Waals surface area (Å²) < 4.78 is 0. The first-order valence-corrected chi connectivity index (χ1v) is 9.14. The molecule has 0 spiro atoms. The number of benzene rings is 3. The van der Waals surface area contributed by atoms with Gasteiger partial charge in [-0.1, -0.05) is 54.6 Å². The standard InChI is InChI=1S/C24H17N3O2/c25-14-13-16-9-11-17(12-10-16)18-5-1-4-8-22(18)27-24(29)20-15-26-21-7-3-2-6-19(21)23(20)28/h1-12,15H,13H2,(H,26,28)(H,27,29). The van der Waals surface area contributed by atoms with Crippen LogP contribution in [-0.2, 0) is 6.42 Å². The maximum atomic E-state index is 12.8. The van der Waals surface area contributed by atoms with Crippen LogP contribution in [0.3, 0.4) is 0 Å². The third-order valence-electron chi connectivity index (χ3n) is 4.76. The second kappa shape index (κ2) is 7.83. The highest BCUT2D eigenvalue weighted by Gasteiger charge is 2.15. The zero-order valence-corrected chi connectivity index (χ0v) is 15.5. The predicted octanol–water partition coefficient (Wildman–Crippen LogP) is 4.51. The van der Waals surface area contributed by atoms with E-state index in [-0.39, 0.29) is 11.0 Å². The Hall–Kier alpha value is -4.17. The molecule has 3 aromatic carbocycles. The van der Waals surface area contributed by atoms with Crippen LogP contribution in [0.1, 0.15) is 15.9 Å². The van der Waals surface area contributed by atoms with Crippen molar-refractivity contribution in [2.24, 2.45) is 0 Å². The number of carbonyl (C=O) groups is 1. The molecule has 1 heterocycles. The number of aromatic amines is 1. The van der Waals surface area contributed by atoms with E-state index >= 15 is 0 Å². The highest BCUT2D eigenvalue weighted by atomic mass is 16.2. The molecular formula is C24H17N3O2. The summed E-state index contributed by atoms with van der Waals surface area (Å²) in [6.45, 7) is 0. The van der Waals surface area contributed by atoms with Gasteiger partial charge in [-0.25, -0.2) is 0 Å². The lowest BCUT2D eigenvalue weighted by molar-refractivity contribution is 0.102. The number of pyridine rings is 1. The van der Waals surface area contributed by atoms with Gasteiger partial charge in [-0.05, 0) is 29.3 Å². The Morgan fingerprint density at radius 3 is 2.48 bits per heavy atom. The van der Waals surface area contributed by atoms with Crippen molar-refractivity contribution >= 4 is 22.5 Å². The summed E-state index contributed by atoms with van der Waals surface area (Å²) in [4.78, 5) is 28.5. The Morgan fingerprint density at radius 2 is 1.69 bits per heavy atom. The largest absolute Gasteiger partial charge is 0.360 e. The summed E-state index contributed by atoms with van der Waals surface area (Å²) in [5.74, 6) is -0.467. The SMILES string of the molecule is N#CCc1ccc(-c2ccccc2NC(=O)c2c[nH]c3ccccc3c2=O)cc1. The Balaban J connectivity index is 1.67. The fourth-order valence-corrected chi connectivity index (χ4v) is 3.26. The molecule has 0 aliphatic heterocycles. The van der Waals surface area contributed by atoms with E-state index in [2.05, 4.69) is 16.4 Å². The van der Waals surface area contributed by atoms with E-state index in [1.54, 1.807) is 24.3 Å². The van der Waals surface area contributed by atoms with E-state index in [0.717, 1.165) is 16.7 Å². The number of H-pyrrole nitrogens is 1. The first-order valence-electron chi connectivity index (χ1n) is 9.14. The van der Waals surface area contributed by atoms with Crippen LogP contribution in [0.15, 0.2) is 83.8 Å². The second-order valence-corrected chi connectivity index (χ2v) is 6.61. The Kier molecular flexibility index (Phi) is 4.91. The average Bonchev–Trinajstić information content (AvgIpc) is 2.75. The van der Waals surface area contributed by atoms with E-state index in [4.69, 9.17) is 5.26 Å². The van der Waals surface area contributed by atoms with Gasteiger partial charge < -0.3 is 10.3 Å². The third kappa shape index (κ3) is 3.64. The summed E-state index contributed by atoms with van der Waals surface area (Å²) in [7, 11) is 0. The van der Waals surface area contributed by atoms with Gasteiger partial charge in [0.15, 0.2) is 0 Å². The molecule has 0 bridgehead atoms. The van der Waals surface area contributed by atoms with Gasteiger partial charge in [0.2, 0.25) is 5.43 Å². The van der Waals surface area contributed by atoms with Crippen LogP contribution in [0, 0.1) is 11.3 Å².